The zero-order chi connectivity index (χ0) is 14.7. The summed E-state index contributed by atoms with van der Waals surface area (Å²) in [5, 5.41) is 0.701. The fourth-order valence-corrected chi connectivity index (χ4v) is 3.45. The molecule has 4 heteroatoms. The lowest BCUT2D eigenvalue weighted by atomic mass is 10.2. The molecule has 20 heavy (non-hydrogen) atoms. The van der Waals surface area contributed by atoms with Crippen LogP contribution < -0.4 is 0 Å². The van der Waals surface area contributed by atoms with E-state index < -0.39 is 0 Å². The van der Waals surface area contributed by atoms with Crippen LogP contribution in [0.15, 0.2) is 35.2 Å². The number of benzene rings is 1. The molecule has 2 aromatic rings. The Morgan fingerprint density at radius 2 is 2.05 bits per heavy atom. The Morgan fingerprint density at radius 3 is 2.65 bits per heavy atom. The molecular weight excluding hydrogens is 290 g/mol. The normalized spacial score (nSPS) is 10.8. The summed E-state index contributed by atoms with van der Waals surface area (Å²) in [5.41, 5.74) is 3.03. The quantitative estimate of drug-likeness (QED) is 0.587. The van der Waals surface area contributed by atoms with Crippen molar-refractivity contribution in [2.45, 2.75) is 32.2 Å². The summed E-state index contributed by atoms with van der Waals surface area (Å²) in [4.78, 5) is 13.4. The van der Waals surface area contributed by atoms with E-state index in [0.29, 0.717) is 10.8 Å². The predicted octanol–water partition coefficient (Wildman–Crippen LogP) is 4.75. The van der Waals surface area contributed by atoms with Gasteiger partial charge in [-0.25, -0.2) is 0 Å². The summed E-state index contributed by atoms with van der Waals surface area (Å²) in [6.07, 6.45) is 0. The van der Waals surface area contributed by atoms with Gasteiger partial charge in [0.1, 0.15) is 0 Å². The standard InChI is InChI=1S/C16H18ClNOS/c1-4-18-11(2)8-15(12(18)3)16(19)10-20-14-7-5-6-13(17)9-14/h5-9H,4,10H2,1-3H3. The maximum atomic E-state index is 12.3. The maximum Gasteiger partial charge on any atom is 0.174 e. The molecule has 0 bridgehead atoms. The molecule has 2 nitrogen and oxygen atoms in total. The van der Waals surface area contributed by atoms with E-state index in [4.69, 9.17) is 11.6 Å². The Balaban J connectivity index is 2.09. The zero-order valence-electron chi connectivity index (χ0n) is 11.9. The SMILES string of the molecule is CCn1c(C)cc(C(=O)CSc2cccc(Cl)c2)c1C. The van der Waals surface area contributed by atoms with E-state index in [1.165, 1.54) is 11.8 Å². The van der Waals surface area contributed by atoms with E-state index in [0.717, 1.165) is 28.4 Å². The lowest BCUT2D eigenvalue weighted by Crippen LogP contribution is -2.05. The average Bonchev–Trinajstić information content (AvgIpc) is 2.71. The molecule has 106 valence electrons. The molecule has 1 aromatic heterocycles. The number of carbonyl (C=O) groups is 1. The summed E-state index contributed by atoms with van der Waals surface area (Å²) < 4.78 is 2.16. The van der Waals surface area contributed by atoms with Gasteiger partial charge >= 0.3 is 0 Å². The highest BCUT2D eigenvalue weighted by Gasteiger charge is 2.15. The van der Waals surface area contributed by atoms with Crippen LogP contribution >= 0.6 is 23.4 Å². The molecule has 1 heterocycles. The molecule has 0 saturated heterocycles. The highest BCUT2D eigenvalue weighted by atomic mass is 35.5. The molecule has 0 aliphatic carbocycles. The second-order valence-corrected chi connectivity index (χ2v) is 6.18. The van der Waals surface area contributed by atoms with Gasteiger partial charge in [0.25, 0.3) is 0 Å². The van der Waals surface area contributed by atoms with Gasteiger partial charge in [-0.15, -0.1) is 11.8 Å². The number of rotatable bonds is 5. The first-order chi connectivity index (χ1) is 9.52. The molecule has 0 atom stereocenters. The number of halogens is 1. The summed E-state index contributed by atoms with van der Waals surface area (Å²) in [7, 11) is 0. The number of hydrogen-bond acceptors (Lipinski definition) is 2. The van der Waals surface area contributed by atoms with Crippen molar-refractivity contribution in [3.05, 3.63) is 52.3 Å². The van der Waals surface area contributed by atoms with Gasteiger partial charge in [-0.2, -0.15) is 0 Å². The number of ketones is 1. The molecule has 0 radical (unpaired) electrons. The number of Topliss-reactive ketones (excluding diaryl/α,β-unsaturated/α-hetero) is 1. The second kappa shape index (κ2) is 6.51. The van der Waals surface area contributed by atoms with Gasteiger partial charge in [-0.1, -0.05) is 17.7 Å². The summed E-state index contributed by atoms with van der Waals surface area (Å²) in [5.74, 6) is 0.608. The predicted molar refractivity (Wildman–Crippen MR) is 86.1 cm³/mol. The van der Waals surface area contributed by atoms with Gasteiger partial charge in [0.05, 0.1) is 5.75 Å². The number of nitrogens with zero attached hydrogens (tertiary/aromatic N) is 1. The Hall–Kier alpha value is -1.19. The first-order valence-electron chi connectivity index (χ1n) is 6.61. The van der Waals surface area contributed by atoms with Crippen molar-refractivity contribution in [2.75, 3.05) is 5.75 Å². The first kappa shape index (κ1) is 15.2. The van der Waals surface area contributed by atoms with Crippen molar-refractivity contribution in [1.82, 2.24) is 4.57 Å². The number of aromatic nitrogens is 1. The third kappa shape index (κ3) is 3.28. The summed E-state index contributed by atoms with van der Waals surface area (Å²) in [6, 6.07) is 9.58. The smallest absolute Gasteiger partial charge is 0.174 e. The topological polar surface area (TPSA) is 22.0 Å². The van der Waals surface area contributed by atoms with Crippen LogP contribution in [0, 0.1) is 13.8 Å². The summed E-state index contributed by atoms with van der Waals surface area (Å²) in [6.45, 7) is 7.03. The Kier molecular flexibility index (Phi) is 4.95. The van der Waals surface area contributed by atoms with E-state index in [2.05, 4.69) is 11.5 Å². The van der Waals surface area contributed by atoms with Crippen LogP contribution in [0.1, 0.15) is 28.7 Å². The molecule has 0 amide bonds. The van der Waals surface area contributed by atoms with Crippen molar-refractivity contribution in [3.63, 3.8) is 0 Å². The Labute approximate surface area is 129 Å². The Bertz CT molecular complexity index is 633. The molecule has 2 rings (SSSR count). The van der Waals surface area contributed by atoms with Crippen molar-refractivity contribution < 1.29 is 4.79 Å². The Morgan fingerprint density at radius 1 is 1.30 bits per heavy atom. The van der Waals surface area contributed by atoms with Crippen LogP contribution in [0.25, 0.3) is 0 Å². The van der Waals surface area contributed by atoms with Crippen LogP contribution in [-0.2, 0) is 6.54 Å². The molecule has 0 fully saturated rings. The third-order valence-corrected chi connectivity index (χ3v) is 4.59. The van der Waals surface area contributed by atoms with Crippen molar-refractivity contribution in [3.8, 4) is 0 Å². The van der Waals surface area contributed by atoms with Crippen LogP contribution in [0.5, 0.6) is 0 Å². The van der Waals surface area contributed by atoms with Crippen LogP contribution in [0.4, 0.5) is 0 Å². The van der Waals surface area contributed by atoms with Gasteiger partial charge in [-0.05, 0) is 45.0 Å². The third-order valence-electron chi connectivity index (χ3n) is 3.36. The lowest BCUT2D eigenvalue weighted by molar-refractivity contribution is 0.102. The zero-order valence-corrected chi connectivity index (χ0v) is 13.5. The minimum Gasteiger partial charge on any atom is -0.349 e. The highest BCUT2D eigenvalue weighted by molar-refractivity contribution is 8.00. The fraction of sp³-hybridized carbons (Fsp3) is 0.312. The molecule has 0 unspecified atom stereocenters. The first-order valence-corrected chi connectivity index (χ1v) is 7.97. The van der Waals surface area contributed by atoms with Crippen molar-refractivity contribution >= 4 is 29.1 Å². The van der Waals surface area contributed by atoms with Crippen LogP contribution in [-0.4, -0.2) is 16.1 Å². The van der Waals surface area contributed by atoms with Crippen LogP contribution in [0.3, 0.4) is 0 Å². The van der Waals surface area contributed by atoms with E-state index >= 15 is 0 Å². The number of hydrogen-bond donors (Lipinski definition) is 0. The second-order valence-electron chi connectivity index (χ2n) is 4.70. The van der Waals surface area contributed by atoms with Gasteiger partial charge in [0, 0.05) is 33.4 Å². The largest absolute Gasteiger partial charge is 0.349 e. The van der Waals surface area contributed by atoms with Gasteiger partial charge in [-0.3, -0.25) is 4.79 Å². The molecule has 0 N–H and O–H groups in total. The minimum atomic E-state index is 0.169. The fourth-order valence-electron chi connectivity index (χ4n) is 2.35. The van der Waals surface area contributed by atoms with E-state index in [1.807, 2.05) is 44.2 Å². The molecular formula is C16H18ClNOS. The molecule has 1 aromatic carbocycles. The molecule has 0 saturated carbocycles. The lowest BCUT2D eigenvalue weighted by Gasteiger charge is -2.06. The van der Waals surface area contributed by atoms with Crippen LogP contribution in [0.2, 0.25) is 5.02 Å². The van der Waals surface area contributed by atoms with Gasteiger partial charge < -0.3 is 4.57 Å². The molecule has 0 aliphatic rings. The van der Waals surface area contributed by atoms with Crippen molar-refractivity contribution in [1.29, 1.82) is 0 Å². The van der Waals surface area contributed by atoms with E-state index in [-0.39, 0.29) is 5.78 Å². The molecule has 0 spiro atoms. The monoisotopic (exact) mass is 307 g/mol. The van der Waals surface area contributed by atoms with E-state index in [1.54, 1.807) is 0 Å². The number of thioether (sulfide) groups is 1. The van der Waals surface area contributed by atoms with Gasteiger partial charge in [0.15, 0.2) is 5.78 Å². The van der Waals surface area contributed by atoms with Gasteiger partial charge in [0.2, 0.25) is 0 Å². The average molecular weight is 308 g/mol. The summed E-state index contributed by atoms with van der Waals surface area (Å²) >= 11 is 7.47. The number of carbonyl (C=O) groups excluding carboxylic acids is 1. The number of aryl methyl sites for hydroxylation is 1. The highest BCUT2D eigenvalue weighted by Crippen LogP contribution is 2.24. The molecule has 0 aliphatic heterocycles. The van der Waals surface area contributed by atoms with Crippen molar-refractivity contribution in [2.24, 2.45) is 0 Å². The minimum absolute atomic E-state index is 0.169. The van der Waals surface area contributed by atoms with E-state index in [9.17, 15) is 4.79 Å². The maximum absolute atomic E-state index is 12.3.